The van der Waals surface area contributed by atoms with Crippen LogP contribution >= 0.6 is 0 Å². The molecule has 0 fully saturated rings. The summed E-state index contributed by atoms with van der Waals surface area (Å²) in [4.78, 5) is 29.4. The Balaban J connectivity index is 1.42. The first-order valence-corrected chi connectivity index (χ1v) is 10.6. The Morgan fingerprint density at radius 1 is 0.970 bits per heavy atom. The first kappa shape index (κ1) is 21.9. The normalized spacial score (nSPS) is 10.8. The van der Waals surface area contributed by atoms with Crippen LogP contribution in [-0.4, -0.2) is 27.4 Å². The molecule has 8 heteroatoms. The summed E-state index contributed by atoms with van der Waals surface area (Å²) in [5.74, 6) is 0.245. The molecular weight excluding hydrogens is 418 g/mol. The monoisotopic (exact) mass is 443 g/mol. The third-order valence-electron chi connectivity index (χ3n) is 4.74. The van der Waals surface area contributed by atoms with Gasteiger partial charge in [-0.2, -0.15) is 0 Å². The van der Waals surface area contributed by atoms with E-state index in [1.54, 1.807) is 48.5 Å². The van der Waals surface area contributed by atoms with Crippen molar-refractivity contribution in [3.05, 3.63) is 90.4 Å². The Kier molecular flexibility index (Phi) is 6.54. The van der Waals surface area contributed by atoms with Crippen LogP contribution in [0, 0.1) is 0 Å². The summed E-state index contributed by atoms with van der Waals surface area (Å²) in [7, 11) is 0. The molecular formula is C25H25N5O3. The quantitative estimate of drug-likeness (QED) is 0.386. The number of nitrogens with one attached hydrogen (secondary N) is 3. The number of carbonyl (C=O) groups is 2. The van der Waals surface area contributed by atoms with Crippen molar-refractivity contribution >= 4 is 29.0 Å². The van der Waals surface area contributed by atoms with E-state index in [4.69, 9.17) is 4.74 Å². The maximum atomic E-state index is 12.9. The van der Waals surface area contributed by atoms with Crippen LogP contribution in [0.5, 0.6) is 5.75 Å². The van der Waals surface area contributed by atoms with E-state index in [9.17, 15) is 9.59 Å². The van der Waals surface area contributed by atoms with Gasteiger partial charge in [-0.15, -0.1) is 0 Å². The van der Waals surface area contributed by atoms with E-state index in [2.05, 4.69) is 20.9 Å². The number of imidazole rings is 1. The van der Waals surface area contributed by atoms with Gasteiger partial charge < -0.3 is 25.1 Å². The number of nitrogens with zero attached hydrogens (tertiary/aromatic N) is 2. The molecule has 168 valence electrons. The second-order valence-corrected chi connectivity index (χ2v) is 7.77. The molecule has 2 aromatic heterocycles. The number of fused-ring (bicyclic) bond motifs is 1. The Morgan fingerprint density at radius 3 is 2.48 bits per heavy atom. The van der Waals surface area contributed by atoms with Crippen molar-refractivity contribution in [3.63, 3.8) is 0 Å². The Labute approximate surface area is 191 Å². The Morgan fingerprint density at radius 2 is 1.73 bits per heavy atom. The molecule has 4 aromatic rings. The van der Waals surface area contributed by atoms with E-state index in [0.717, 1.165) is 11.3 Å². The summed E-state index contributed by atoms with van der Waals surface area (Å²) in [5, 5.41) is 8.37. The zero-order valence-corrected chi connectivity index (χ0v) is 18.4. The standard InChI is InChI=1S/C25H25N5O3/c1-17(2)26-25(32)29-22-11-4-3-10-21(22)28-24(31)18-8-7-9-20(14-18)33-16-19-15-30-13-6-5-12-23(30)27-19/h3-15,17H,16H2,1-2H3,(H,28,31)(H2,26,29,32). The van der Waals surface area contributed by atoms with E-state index in [1.165, 1.54) is 0 Å². The number of amides is 3. The van der Waals surface area contributed by atoms with Crippen molar-refractivity contribution < 1.29 is 14.3 Å². The lowest BCUT2D eigenvalue weighted by atomic mass is 10.2. The average molecular weight is 444 g/mol. The fourth-order valence-corrected chi connectivity index (χ4v) is 3.26. The third kappa shape index (κ3) is 5.68. The first-order chi connectivity index (χ1) is 16.0. The predicted octanol–water partition coefficient (Wildman–Crippen LogP) is 4.70. The van der Waals surface area contributed by atoms with Gasteiger partial charge in [0.15, 0.2) is 0 Å². The van der Waals surface area contributed by atoms with Gasteiger partial charge >= 0.3 is 6.03 Å². The molecule has 8 nitrogen and oxygen atoms in total. The number of ether oxygens (including phenoxy) is 1. The highest BCUT2D eigenvalue weighted by Crippen LogP contribution is 2.23. The smallest absolute Gasteiger partial charge is 0.319 e. The minimum absolute atomic E-state index is 0.00458. The van der Waals surface area contributed by atoms with Crippen molar-refractivity contribution in [3.8, 4) is 5.75 Å². The second-order valence-electron chi connectivity index (χ2n) is 7.77. The number of para-hydroxylation sites is 2. The van der Waals surface area contributed by atoms with Gasteiger partial charge in [-0.1, -0.05) is 24.3 Å². The molecule has 0 spiro atoms. The number of hydrogen-bond donors (Lipinski definition) is 3. The number of carbonyl (C=O) groups excluding carboxylic acids is 2. The molecule has 4 rings (SSSR count). The largest absolute Gasteiger partial charge is 0.487 e. The van der Waals surface area contributed by atoms with Crippen LogP contribution in [0.4, 0.5) is 16.2 Å². The van der Waals surface area contributed by atoms with Gasteiger partial charge in [0.1, 0.15) is 18.0 Å². The number of benzene rings is 2. The van der Waals surface area contributed by atoms with Gasteiger partial charge in [0.25, 0.3) is 5.91 Å². The maximum absolute atomic E-state index is 12.9. The number of anilines is 2. The van der Waals surface area contributed by atoms with Gasteiger partial charge in [0, 0.05) is 24.0 Å². The van der Waals surface area contributed by atoms with E-state index in [0.29, 0.717) is 22.7 Å². The van der Waals surface area contributed by atoms with Crippen LogP contribution in [0.3, 0.4) is 0 Å². The van der Waals surface area contributed by atoms with Gasteiger partial charge in [-0.05, 0) is 56.3 Å². The lowest BCUT2D eigenvalue weighted by molar-refractivity contribution is 0.102. The summed E-state index contributed by atoms with van der Waals surface area (Å²) in [5.41, 5.74) is 3.07. The molecule has 2 heterocycles. The van der Waals surface area contributed by atoms with Crippen molar-refractivity contribution in [1.82, 2.24) is 14.7 Å². The SMILES string of the molecule is CC(C)NC(=O)Nc1ccccc1NC(=O)c1cccc(OCc2cn3ccccc3n2)c1. The fourth-order valence-electron chi connectivity index (χ4n) is 3.26. The average Bonchev–Trinajstić information content (AvgIpc) is 3.22. The minimum atomic E-state index is -0.339. The van der Waals surface area contributed by atoms with E-state index >= 15 is 0 Å². The van der Waals surface area contributed by atoms with Gasteiger partial charge in [-0.25, -0.2) is 9.78 Å². The lowest BCUT2D eigenvalue weighted by Gasteiger charge is -2.14. The number of pyridine rings is 1. The predicted molar refractivity (Wildman–Crippen MR) is 128 cm³/mol. The van der Waals surface area contributed by atoms with Crippen molar-refractivity contribution in [2.24, 2.45) is 0 Å². The molecule has 0 aliphatic carbocycles. The zero-order valence-electron chi connectivity index (χ0n) is 18.4. The van der Waals surface area contributed by atoms with E-state index in [1.807, 2.05) is 48.8 Å². The highest BCUT2D eigenvalue weighted by atomic mass is 16.5. The molecule has 3 amide bonds. The molecule has 0 saturated carbocycles. The summed E-state index contributed by atoms with van der Waals surface area (Å²) in [6, 6.07) is 19.4. The number of rotatable bonds is 7. The van der Waals surface area contributed by atoms with E-state index in [-0.39, 0.29) is 24.6 Å². The lowest BCUT2D eigenvalue weighted by Crippen LogP contribution is -2.34. The van der Waals surface area contributed by atoms with Gasteiger partial charge in [-0.3, -0.25) is 4.79 Å². The molecule has 0 aliphatic heterocycles. The third-order valence-corrected chi connectivity index (χ3v) is 4.74. The first-order valence-electron chi connectivity index (χ1n) is 10.6. The maximum Gasteiger partial charge on any atom is 0.319 e. The van der Waals surface area contributed by atoms with Crippen LogP contribution in [0.25, 0.3) is 5.65 Å². The molecule has 0 radical (unpaired) electrons. The molecule has 0 unspecified atom stereocenters. The fraction of sp³-hybridized carbons (Fsp3) is 0.160. The van der Waals surface area contributed by atoms with Crippen molar-refractivity contribution in [2.45, 2.75) is 26.5 Å². The van der Waals surface area contributed by atoms with Gasteiger partial charge in [0.05, 0.1) is 17.1 Å². The number of urea groups is 1. The second kappa shape index (κ2) is 9.86. The Hall–Kier alpha value is -4.33. The van der Waals surface area contributed by atoms with Crippen molar-refractivity contribution in [2.75, 3.05) is 10.6 Å². The number of aromatic nitrogens is 2. The van der Waals surface area contributed by atoms with Crippen LogP contribution in [0.15, 0.2) is 79.1 Å². The molecule has 0 atom stereocenters. The molecule has 0 saturated heterocycles. The summed E-state index contributed by atoms with van der Waals surface area (Å²) in [6.45, 7) is 4.03. The molecule has 0 aliphatic rings. The van der Waals surface area contributed by atoms with Crippen LogP contribution in [0.1, 0.15) is 29.9 Å². The molecule has 0 bridgehead atoms. The topological polar surface area (TPSA) is 96.8 Å². The summed E-state index contributed by atoms with van der Waals surface area (Å²) in [6.07, 6.45) is 3.83. The van der Waals surface area contributed by atoms with Gasteiger partial charge in [0.2, 0.25) is 0 Å². The molecule has 33 heavy (non-hydrogen) atoms. The highest BCUT2D eigenvalue weighted by molar-refractivity contribution is 6.07. The zero-order chi connectivity index (χ0) is 23.2. The summed E-state index contributed by atoms with van der Waals surface area (Å²) >= 11 is 0. The Bertz CT molecular complexity index is 1250. The molecule has 2 aromatic carbocycles. The summed E-state index contributed by atoms with van der Waals surface area (Å²) < 4.78 is 7.78. The highest BCUT2D eigenvalue weighted by Gasteiger charge is 2.12. The van der Waals surface area contributed by atoms with Crippen LogP contribution < -0.4 is 20.7 Å². The van der Waals surface area contributed by atoms with Crippen LogP contribution in [0.2, 0.25) is 0 Å². The number of hydrogen-bond acceptors (Lipinski definition) is 4. The van der Waals surface area contributed by atoms with Crippen LogP contribution in [-0.2, 0) is 6.61 Å². The van der Waals surface area contributed by atoms with E-state index < -0.39 is 0 Å². The molecule has 3 N–H and O–H groups in total. The minimum Gasteiger partial charge on any atom is -0.487 e. The van der Waals surface area contributed by atoms with Crippen molar-refractivity contribution in [1.29, 1.82) is 0 Å².